The molecule has 0 heterocycles. The third kappa shape index (κ3) is 5.51. The van der Waals surface area contributed by atoms with Crippen LogP contribution in [0.4, 0.5) is 4.79 Å². The number of nitrogens with two attached hydrogens (primary N) is 1. The number of ether oxygens (including phenoxy) is 2. The van der Waals surface area contributed by atoms with Gasteiger partial charge in [0, 0.05) is 0 Å². The van der Waals surface area contributed by atoms with E-state index in [0.717, 1.165) is 7.11 Å². The minimum atomic E-state index is -4.35. The number of carbonyl (C=O) groups excluding carboxylic acids is 3. The molecule has 0 aromatic heterocycles. The lowest BCUT2D eigenvalue weighted by atomic mass is 9.99. The first kappa shape index (κ1) is 22.1. The molecule has 0 aliphatic carbocycles. The van der Waals surface area contributed by atoms with Crippen LogP contribution >= 0.6 is 0 Å². The first-order chi connectivity index (χ1) is 12.7. The Labute approximate surface area is 156 Å². The van der Waals surface area contributed by atoms with Crippen molar-refractivity contribution in [2.24, 2.45) is 16.8 Å². The van der Waals surface area contributed by atoms with Crippen LogP contribution in [0, 0.1) is 5.92 Å². The molecule has 0 fully saturated rings. The second-order valence-electron chi connectivity index (χ2n) is 5.27. The molecule has 2 atom stereocenters. The second kappa shape index (κ2) is 9.67. The molecule has 1 rings (SSSR count). The van der Waals surface area contributed by atoms with Gasteiger partial charge in [0.15, 0.2) is 15.1 Å². The van der Waals surface area contributed by atoms with Gasteiger partial charge in [-0.3, -0.25) is 9.59 Å². The zero-order valence-corrected chi connectivity index (χ0v) is 15.9. The van der Waals surface area contributed by atoms with E-state index in [1.54, 1.807) is 6.07 Å². The van der Waals surface area contributed by atoms with Crippen molar-refractivity contribution in [2.75, 3.05) is 13.7 Å². The number of methoxy groups -OCH3 is 1. The highest BCUT2D eigenvalue weighted by molar-refractivity contribution is 7.93. The molecule has 3 N–H and O–H groups in total. The number of sulfone groups is 1. The number of hydrazone groups is 1. The van der Waals surface area contributed by atoms with Gasteiger partial charge in [-0.25, -0.2) is 18.6 Å². The third-order valence-electron chi connectivity index (χ3n) is 3.49. The fraction of sp³-hybridized carbons (Fsp3) is 0.375. The summed E-state index contributed by atoms with van der Waals surface area (Å²) in [6.07, 6.45) is -0.946. The van der Waals surface area contributed by atoms with Crippen LogP contribution < -0.4 is 11.2 Å². The van der Waals surface area contributed by atoms with Crippen LogP contribution in [0.2, 0.25) is 0 Å². The van der Waals surface area contributed by atoms with Crippen molar-refractivity contribution in [3.8, 4) is 0 Å². The molecule has 1 aromatic rings. The van der Waals surface area contributed by atoms with Crippen molar-refractivity contribution in [1.82, 2.24) is 5.43 Å². The summed E-state index contributed by atoms with van der Waals surface area (Å²) in [4.78, 5) is 35.4. The van der Waals surface area contributed by atoms with Gasteiger partial charge in [-0.1, -0.05) is 18.2 Å². The zero-order valence-electron chi connectivity index (χ0n) is 15.0. The summed E-state index contributed by atoms with van der Waals surface area (Å²) >= 11 is 0. The van der Waals surface area contributed by atoms with Gasteiger partial charge in [0.25, 0.3) is 0 Å². The summed E-state index contributed by atoms with van der Waals surface area (Å²) in [7, 11) is -3.26. The average Bonchev–Trinajstić information content (AvgIpc) is 2.63. The number of nitrogens with zero attached hydrogens (tertiary/aromatic N) is 1. The van der Waals surface area contributed by atoms with Crippen molar-refractivity contribution in [3.63, 3.8) is 0 Å². The van der Waals surface area contributed by atoms with Crippen molar-refractivity contribution < 1.29 is 32.3 Å². The number of hydrogen-bond acceptors (Lipinski definition) is 8. The predicted molar refractivity (Wildman–Crippen MR) is 95.4 cm³/mol. The number of nitrogens with one attached hydrogen (secondary N) is 1. The standard InChI is InChI=1S/C16H21N3O7S/c1-4-26-15(21)12(10(2)18-19-16(22)25-3)13(14(17)20)27(23,24)11-8-6-5-7-9-11/h5-9,12-13H,4H2,1-3H3,(H2,17,20)(H,19,22)/b18-10+. The van der Waals surface area contributed by atoms with E-state index in [9.17, 15) is 22.8 Å². The summed E-state index contributed by atoms with van der Waals surface area (Å²) in [6.45, 7) is 2.71. The van der Waals surface area contributed by atoms with Gasteiger partial charge >= 0.3 is 12.1 Å². The highest BCUT2D eigenvalue weighted by Crippen LogP contribution is 2.24. The third-order valence-corrected chi connectivity index (χ3v) is 5.59. The van der Waals surface area contributed by atoms with Crippen LogP contribution in [-0.4, -0.2) is 51.1 Å². The van der Waals surface area contributed by atoms with E-state index < -0.39 is 39.0 Å². The first-order valence-electron chi connectivity index (χ1n) is 7.79. The van der Waals surface area contributed by atoms with Gasteiger partial charge in [-0.15, -0.1) is 0 Å². The SMILES string of the molecule is CCOC(=O)C(/C(C)=N/NC(=O)OC)C(C(N)=O)S(=O)(=O)c1ccccc1. The minimum absolute atomic E-state index is 0.0656. The van der Waals surface area contributed by atoms with Gasteiger partial charge in [0.2, 0.25) is 5.91 Å². The lowest BCUT2D eigenvalue weighted by Gasteiger charge is -2.23. The number of primary amides is 1. The van der Waals surface area contributed by atoms with Gasteiger partial charge in [0.05, 0.1) is 24.3 Å². The molecule has 0 bridgehead atoms. The molecular formula is C16H21N3O7S. The number of esters is 1. The number of hydrogen-bond donors (Lipinski definition) is 2. The minimum Gasteiger partial charge on any atom is -0.465 e. The lowest BCUT2D eigenvalue weighted by Crippen LogP contribution is -2.48. The molecule has 0 saturated carbocycles. The highest BCUT2D eigenvalue weighted by Gasteiger charge is 2.45. The van der Waals surface area contributed by atoms with Crippen LogP contribution in [0.1, 0.15) is 13.8 Å². The van der Waals surface area contributed by atoms with Crippen molar-refractivity contribution in [3.05, 3.63) is 30.3 Å². The molecule has 1 aromatic carbocycles. The average molecular weight is 399 g/mol. The maximum atomic E-state index is 12.9. The fourth-order valence-corrected chi connectivity index (χ4v) is 4.05. The summed E-state index contributed by atoms with van der Waals surface area (Å²) in [6, 6.07) is 7.06. The summed E-state index contributed by atoms with van der Waals surface area (Å²) in [5.74, 6) is -3.94. The summed E-state index contributed by atoms with van der Waals surface area (Å²) in [5.41, 5.74) is 7.10. The fourth-order valence-electron chi connectivity index (χ4n) is 2.25. The van der Waals surface area contributed by atoms with Crippen LogP contribution in [0.25, 0.3) is 0 Å². The molecule has 0 spiro atoms. The van der Waals surface area contributed by atoms with E-state index in [0.29, 0.717) is 0 Å². The second-order valence-corrected chi connectivity index (χ2v) is 7.34. The Kier molecular flexibility index (Phi) is 7.91. The van der Waals surface area contributed by atoms with E-state index in [2.05, 4.69) is 9.84 Å². The van der Waals surface area contributed by atoms with E-state index in [1.165, 1.54) is 38.1 Å². The van der Waals surface area contributed by atoms with Crippen molar-refractivity contribution in [2.45, 2.75) is 24.0 Å². The van der Waals surface area contributed by atoms with Gasteiger partial charge in [-0.05, 0) is 26.0 Å². The molecule has 0 saturated heterocycles. The Balaban J connectivity index is 3.47. The summed E-state index contributed by atoms with van der Waals surface area (Å²) < 4.78 is 35.1. The Hall–Kier alpha value is -2.95. The normalized spacial score (nSPS) is 14.0. The lowest BCUT2D eigenvalue weighted by molar-refractivity contribution is -0.146. The molecule has 0 aliphatic heterocycles. The smallest absolute Gasteiger partial charge is 0.427 e. The summed E-state index contributed by atoms with van der Waals surface area (Å²) in [5, 5.41) is 1.64. The zero-order chi connectivity index (χ0) is 20.6. The molecule has 2 unspecified atom stereocenters. The molecule has 0 aliphatic rings. The molecule has 10 nitrogen and oxygen atoms in total. The number of carbonyl (C=O) groups is 3. The Bertz CT molecular complexity index is 822. The molecule has 11 heteroatoms. The molecule has 27 heavy (non-hydrogen) atoms. The van der Waals surface area contributed by atoms with Crippen molar-refractivity contribution >= 4 is 33.5 Å². The Morgan fingerprint density at radius 3 is 2.30 bits per heavy atom. The number of amides is 2. The highest BCUT2D eigenvalue weighted by atomic mass is 32.2. The largest absolute Gasteiger partial charge is 0.465 e. The molecule has 2 amide bonds. The van der Waals surface area contributed by atoms with Crippen molar-refractivity contribution in [1.29, 1.82) is 0 Å². The van der Waals surface area contributed by atoms with Gasteiger partial charge in [0.1, 0.15) is 5.92 Å². The van der Waals surface area contributed by atoms with E-state index >= 15 is 0 Å². The topological polar surface area (TPSA) is 154 Å². The van der Waals surface area contributed by atoms with Crippen LogP contribution in [0.3, 0.4) is 0 Å². The Morgan fingerprint density at radius 1 is 1.22 bits per heavy atom. The van der Waals surface area contributed by atoms with E-state index in [4.69, 9.17) is 10.5 Å². The monoisotopic (exact) mass is 399 g/mol. The van der Waals surface area contributed by atoms with E-state index in [1.807, 2.05) is 5.43 Å². The van der Waals surface area contributed by atoms with Crippen LogP contribution in [0.15, 0.2) is 40.3 Å². The van der Waals surface area contributed by atoms with Crippen LogP contribution in [-0.2, 0) is 28.9 Å². The molecule has 148 valence electrons. The number of rotatable bonds is 8. The maximum absolute atomic E-state index is 12.9. The molecule has 0 radical (unpaired) electrons. The van der Waals surface area contributed by atoms with E-state index in [-0.39, 0.29) is 17.2 Å². The first-order valence-corrected chi connectivity index (χ1v) is 9.34. The van der Waals surface area contributed by atoms with Gasteiger partial charge in [-0.2, -0.15) is 5.10 Å². The quantitative estimate of drug-likeness (QED) is 0.360. The van der Waals surface area contributed by atoms with Gasteiger partial charge < -0.3 is 15.2 Å². The predicted octanol–water partition coefficient (Wildman–Crippen LogP) is 0.225. The van der Waals surface area contributed by atoms with Crippen LogP contribution in [0.5, 0.6) is 0 Å². The maximum Gasteiger partial charge on any atom is 0.427 e. The Morgan fingerprint density at radius 2 is 1.81 bits per heavy atom. The molecular weight excluding hydrogens is 378 g/mol. The number of benzene rings is 1.